The van der Waals surface area contributed by atoms with E-state index in [1.165, 1.54) is 0 Å². The van der Waals surface area contributed by atoms with Crippen molar-refractivity contribution in [3.63, 3.8) is 0 Å². The van der Waals surface area contributed by atoms with Crippen molar-refractivity contribution in [3.05, 3.63) is 0 Å². The van der Waals surface area contributed by atoms with Gasteiger partial charge in [-0.1, -0.05) is 0 Å². The Bertz CT molecular complexity index is 122. The molecule has 1 saturated heterocycles. The summed E-state index contributed by atoms with van der Waals surface area (Å²) in [4.78, 5) is 0. The van der Waals surface area contributed by atoms with Crippen molar-refractivity contribution in [2.24, 2.45) is 0 Å². The summed E-state index contributed by atoms with van der Waals surface area (Å²) in [6.45, 7) is 8.28. The Balaban J connectivity index is 2.02. The lowest BCUT2D eigenvalue weighted by Gasteiger charge is -2.20. The summed E-state index contributed by atoms with van der Waals surface area (Å²) >= 11 is 0. The summed E-state index contributed by atoms with van der Waals surface area (Å²) < 4.78 is 16.1. The normalized spacial score (nSPS) is 20.2. The first-order chi connectivity index (χ1) is 5.58. The first kappa shape index (κ1) is 9.96. The lowest BCUT2D eigenvalue weighted by molar-refractivity contribution is -0.0814. The molecule has 0 aliphatic carbocycles. The molecular weight excluding hydrogens is 156 g/mol. The Hall–Kier alpha value is -0.120. The van der Waals surface area contributed by atoms with Crippen LogP contribution in [0.3, 0.4) is 0 Å². The number of ether oxygens (including phenoxy) is 3. The molecule has 0 bridgehead atoms. The third kappa shape index (κ3) is 4.04. The van der Waals surface area contributed by atoms with E-state index in [1.54, 1.807) is 0 Å². The molecule has 3 nitrogen and oxygen atoms in total. The molecule has 0 aromatic heterocycles. The van der Waals surface area contributed by atoms with Crippen LogP contribution in [0.2, 0.25) is 0 Å². The molecule has 0 amide bonds. The van der Waals surface area contributed by atoms with Crippen LogP contribution in [0, 0.1) is 0 Å². The van der Waals surface area contributed by atoms with Crippen LogP contribution in [0.5, 0.6) is 0 Å². The van der Waals surface area contributed by atoms with E-state index in [0.29, 0.717) is 6.61 Å². The van der Waals surface area contributed by atoms with Crippen molar-refractivity contribution in [2.75, 3.05) is 19.8 Å². The molecule has 72 valence electrons. The van der Waals surface area contributed by atoms with Crippen LogP contribution < -0.4 is 0 Å². The molecule has 0 N–H and O–H groups in total. The van der Waals surface area contributed by atoms with Gasteiger partial charge in [0, 0.05) is 6.42 Å². The maximum atomic E-state index is 5.53. The molecule has 0 aromatic carbocycles. The molecule has 12 heavy (non-hydrogen) atoms. The van der Waals surface area contributed by atoms with Gasteiger partial charge in [0.25, 0.3) is 0 Å². The minimum absolute atomic E-state index is 0.0349. The van der Waals surface area contributed by atoms with Crippen molar-refractivity contribution >= 4 is 0 Å². The molecule has 0 spiro atoms. The van der Waals surface area contributed by atoms with E-state index in [-0.39, 0.29) is 11.9 Å². The van der Waals surface area contributed by atoms with Gasteiger partial charge in [0.2, 0.25) is 0 Å². The molecule has 0 radical (unpaired) electrons. The predicted molar refractivity (Wildman–Crippen MR) is 46.0 cm³/mol. The van der Waals surface area contributed by atoms with Crippen molar-refractivity contribution in [3.8, 4) is 0 Å². The predicted octanol–water partition coefficient (Wildman–Crippen LogP) is 1.56. The Morgan fingerprint density at radius 1 is 1.25 bits per heavy atom. The fourth-order valence-corrected chi connectivity index (χ4v) is 1.04. The molecule has 1 aliphatic heterocycles. The third-order valence-corrected chi connectivity index (χ3v) is 1.58. The second kappa shape index (κ2) is 4.21. The van der Waals surface area contributed by atoms with Crippen LogP contribution >= 0.6 is 0 Å². The summed E-state index contributed by atoms with van der Waals surface area (Å²) in [7, 11) is 0. The average Bonchev–Trinajstić information content (AvgIpc) is 2.36. The van der Waals surface area contributed by atoms with Crippen LogP contribution in [0.4, 0.5) is 0 Å². The Morgan fingerprint density at radius 2 is 1.83 bits per heavy atom. The molecule has 1 heterocycles. The number of hydrogen-bond acceptors (Lipinski definition) is 3. The average molecular weight is 174 g/mol. The fourth-order valence-electron chi connectivity index (χ4n) is 1.04. The molecule has 0 unspecified atom stereocenters. The van der Waals surface area contributed by atoms with Gasteiger partial charge in [-0.3, -0.25) is 0 Å². The molecule has 1 aliphatic rings. The maximum Gasteiger partial charge on any atom is 0.160 e. The minimum Gasteiger partial charge on any atom is -0.376 e. The van der Waals surface area contributed by atoms with Crippen molar-refractivity contribution in [1.29, 1.82) is 0 Å². The van der Waals surface area contributed by atoms with E-state index in [4.69, 9.17) is 14.2 Å². The highest BCUT2D eigenvalue weighted by Crippen LogP contribution is 2.11. The fraction of sp³-hybridized carbons (Fsp3) is 1.00. The Kier molecular flexibility index (Phi) is 3.50. The van der Waals surface area contributed by atoms with E-state index in [2.05, 4.69) is 0 Å². The van der Waals surface area contributed by atoms with Gasteiger partial charge in [-0.25, -0.2) is 0 Å². The number of rotatable bonds is 3. The summed E-state index contributed by atoms with van der Waals surface area (Å²) in [5.41, 5.74) is -0.0569. The van der Waals surface area contributed by atoms with E-state index >= 15 is 0 Å². The monoisotopic (exact) mass is 174 g/mol. The van der Waals surface area contributed by atoms with Crippen molar-refractivity contribution in [2.45, 2.75) is 39.1 Å². The van der Waals surface area contributed by atoms with Gasteiger partial charge < -0.3 is 14.2 Å². The third-order valence-electron chi connectivity index (χ3n) is 1.58. The maximum absolute atomic E-state index is 5.53. The highest BCUT2D eigenvalue weighted by Gasteiger charge is 2.17. The summed E-state index contributed by atoms with van der Waals surface area (Å²) in [5, 5.41) is 0. The van der Waals surface area contributed by atoms with Gasteiger partial charge in [0.1, 0.15) is 0 Å². The first-order valence-corrected chi connectivity index (χ1v) is 4.45. The molecule has 0 aromatic rings. The molecule has 0 saturated carbocycles. The summed E-state index contributed by atoms with van der Waals surface area (Å²) in [5.74, 6) is 0. The first-order valence-electron chi connectivity index (χ1n) is 4.45. The topological polar surface area (TPSA) is 27.7 Å². The zero-order valence-corrected chi connectivity index (χ0v) is 8.13. The molecule has 1 rings (SSSR count). The van der Waals surface area contributed by atoms with Crippen molar-refractivity contribution < 1.29 is 14.2 Å². The standard InChI is InChI=1S/C9H18O3/c1-9(2,3)12-5-4-8-10-6-7-11-8/h8H,4-7H2,1-3H3. The summed E-state index contributed by atoms with van der Waals surface area (Å²) in [6.07, 6.45) is 0.796. The van der Waals surface area contributed by atoms with Gasteiger partial charge in [-0.2, -0.15) is 0 Å². The van der Waals surface area contributed by atoms with E-state index in [0.717, 1.165) is 19.6 Å². The zero-order valence-electron chi connectivity index (χ0n) is 8.13. The lowest BCUT2D eigenvalue weighted by atomic mass is 10.2. The van der Waals surface area contributed by atoms with E-state index < -0.39 is 0 Å². The van der Waals surface area contributed by atoms with Gasteiger partial charge in [0.15, 0.2) is 6.29 Å². The van der Waals surface area contributed by atoms with Crippen molar-refractivity contribution in [1.82, 2.24) is 0 Å². The second-order valence-electron chi connectivity index (χ2n) is 3.92. The quantitative estimate of drug-likeness (QED) is 0.650. The van der Waals surface area contributed by atoms with Gasteiger partial charge in [0.05, 0.1) is 25.4 Å². The van der Waals surface area contributed by atoms with Crippen LogP contribution in [-0.4, -0.2) is 31.7 Å². The number of hydrogen-bond donors (Lipinski definition) is 0. The van der Waals surface area contributed by atoms with Crippen LogP contribution in [-0.2, 0) is 14.2 Å². The van der Waals surface area contributed by atoms with Gasteiger partial charge >= 0.3 is 0 Å². The Labute approximate surface area is 74.0 Å². The highest BCUT2D eigenvalue weighted by molar-refractivity contribution is 4.59. The SMILES string of the molecule is CC(C)(C)OCCC1OCCO1. The largest absolute Gasteiger partial charge is 0.376 e. The van der Waals surface area contributed by atoms with Gasteiger partial charge in [-0.15, -0.1) is 0 Å². The molecular formula is C9H18O3. The lowest BCUT2D eigenvalue weighted by Crippen LogP contribution is -2.22. The summed E-state index contributed by atoms with van der Waals surface area (Å²) in [6, 6.07) is 0. The van der Waals surface area contributed by atoms with E-state index in [1.807, 2.05) is 20.8 Å². The molecule has 0 atom stereocenters. The van der Waals surface area contributed by atoms with Crippen LogP contribution in [0.25, 0.3) is 0 Å². The molecule has 3 heteroatoms. The van der Waals surface area contributed by atoms with Crippen LogP contribution in [0.15, 0.2) is 0 Å². The smallest absolute Gasteiger partial charge is 0.160 e. The minimum atomic E-state index is -0.0569. The van der Waals surface area contributed by atoms with Crippen LogP contribution in [0.1, 0.15) is 27.2 Å². The van der Waals surface area contributed by atoms with E-state index in [9.17, 15) is 0 Å². The zero-order chi connectivity index (χ0) is 9.03. The Morgan fingerprint density at radius 3 is 2.33 bits per heavy atom. The van der Waals surface area contributed by atoms with Gasteiger partial charge in [-0.05, 0) is 20.8 Å². The molecule has 1 fully saturated rings. The highest BCUT2D eigenvalue weighted by atomic mass is 16.7. The second-order valence-corrected chi connectivity index (χ2v) is 3.92.